The molecule has 6 nitrogen and oxygen atoms in total. The lowest BCUT2D eigenvalue weighted by Crippen LogP contribution is -2.08. The molecule has 0 bridgehead atoms. The van der Waals surface area contributed by atoms with Crippen LogP contribution in [0.15, 0.2) is 22.8 Å². The van der Waals surface area contributed by atoms with E-state index in [0.717, 1.165) is 5.76 Å². The number of nitrogens with one attached hydrogen (secondary N) is 1. The Morgan fingerprint density at radius 3 is 3.00 bits per heavy atom. The number of hydrogen-bond acceptors (Lipinski definition) is 5. The maximum atomic E-state index is 11.4. The summed E-state index contributed by atoms with van der Waals surface area (Å²) in [7, 11) is 1.30. The maximum absolute atomic E-state index is 11.4. The molecule has 2 aromatic heterocycles. The Morgan fingerprint density at radius 1 is 1.56 bits per heavy atom. The lowest BCUT2D eigenvalue weighted by Gasteiger charge is -2.05. The highest BCUT2D eigenvalue weighted by atomic mass is 16.5. The van der Waals surface area contributed by atoms with Crippen LogP contribution < -0.4 is 0 Å². The third-order valence-corrected chi connectivity index (χ3v) is 2.33. The Bertz CT molecular complexity index is 475. The van der Waals surface area contributed by atoms with Crippen LogP contribution in [-0.4, -0.2) is 28.5 Å². The average molecular weight is 221 g/mol. The molecule has 0 saturated heterocycles. The molecule has 2 heterocycles. The zero-order chi connectivity index (χ0) is 11.5. The number of carbonyl (C=O) groups excluding carboxylic acids is 1. The summed E-state index contributed by atoms with van der Waals surface area (Å²) in [5.74, 6) is 0.0593. The molecule has 16 heavy (non-hydrogen) atoms. The van der Waals surface area contributed by atoms with Gasteiger partial charge in [-0.1, -0.05) is 0 Å². The van der Waals surface area contributed by atoms with Gasteiger partial charge in [0.25, 0.3) is 0 Å². The summed E-state index contributed by atoms with van der Waals surface area (Å²) >= 11 is 0. The van der Waals surface area contributed by atoms with Gasteiger partial charge in [-0.3, -0.25) is 0 Å². The Kier molecular flexibility index (Phi) is 2.72. The monoisotopic (exact) mass is 221 g/mol. The molecule has 2 aromatic rings. The van der Waals surface area contributed by atoms with Crippen LogP contribution in [0.4, 0.5) is 0 Å². The summed E-state index contributed by atoms with van der Waals surface area (Å²) in [6, 6.07) is 3.60. The van der Waals surface area contributed by atoms with Gasteiger partial charge in [0.1, 0.15) is 11.5 Å². The molecule has 0 aromatic carbocycles. The molecule has 6 heteroatoms. The van der Waals surface area contributed by atoms with Gasteiger partial charge in [-0.15, -0.1) is 5.10 Å². The number of rotatable bonds is 3. The van der Waals surface area contributed by atoms with E-state index in [1.54, 1.807) is 12.3 Å². The normalized spacial score (nSPS) is 12.4. The van der Waals surface area contributed by atoms with Crippen LogP contribution >= 0.6 is 0 Å². The molecule has 0 radical (unpaired) electrons. The third kappa shape index (κ3) is 1.69. The Balaban J connectivity index is 2.34. The van der Waals surface area contributed by atoms with E-state index in [9.17, 15) is 4.79 Å². The average Bonchev–Trinajstić information content (AvgIpc) is 2.97. The number of H-pyrrole nitrogens is 1. The molecule has 84 valence electrons. The minimum atomic E-state index is -0.512. The van der Waals surface area contributed by atoms with Gasteiger partial charge >= 0.3 is 5.97 Å². The molecule has 1 N–H and O–H groups in total. The largest absolute Gasteiger partial charge is 0.469 e. The van der Waals surface area contributed by atoms with Crippen LogP contribution in [-0.2, 0) is 4.74 Å². The van der Waals surface area contributed by atoms with Gasteiger partial charge in [0.15, 0.2) is 5.69 Å². The first-order valence-electron chi connectivity index (χ1n) is 4.76. The molecular weight excluding hydrogens is 210 g/mol. The van der Waals surface area contributed by atoms with Crippen molar-refractivity contribution in [3.8, 4) is 0 Å². The maximum Gasteiger partial charge on any atom is 0.360 e. The highest BCUT2D eigenvalue weighted by Gasteiger charge is 2.24. The molecule has 0 saturated carbocycles. The van der Waals surface area contributed by atoms with Gasteiger partial charge < -0.3 is 9.15 Å². The van der Waals surface area contributed by atoms with Crippen LogP contribution in [0.1, 0.15) is 34.8 Å². The zero-order valence-electron chi connectivity index (χ0n) is 8.93. The fraction of sp³-hybridized carbons (Fsp3) is 0.300. The summed E-state index contributed by atoms with van der Waals surface area (Å²) in [5, 5.41) is 10.1. The van der Waals surface area contributed by atoms with Gasteiger partial charge in [0.2, 0.25) is 0 Å². The quantitative estimate of drug-likeness (QED) is 0.791. The molecule has 0 amide bonds. The third-order valence-electron chi connectivity index (χ3n) is 2.33. The summed E-state index contributed by atoms with van der Waals surface area (Å²) in [5.41, 5.74) is 0.702. The summed E-state index contributed by atoms with van der Waals surface area (Å²) in [6.07, 6.45) is 1.57. The van der Waals surface area contributed by atoms with Crippen molar-refractivity contribution in [3.63, 3.8) is 0 Å². The molecule has 0 aliphatic rings. The van der Waals surface area contributed by atoms with E-state index < -0.39 is 5.97 Å². The first-order chi connectivity index (χ1) is 7.74. The lowest BCUT2D eigenvalue weighted by atomic mass is 10.0. The van der Waals surface area contributed by atoms with Gasteiger partial charge in [-0.2, -0.15) is 10.3 Å². The van der Waals surface area contributed by atoms with Gasteiger partial charge in [-0.05, 0) is 19.1 Å². The summed E-state index contributed by atoms with van der Waals surface area (Å²) in [4.78, 5) is 11.4. The minimum absolute atomic E-state index is 0.150. The van der Waals surface area contributed by atoms with Crippen molar-refractivity contribution < 1.29 is 13.9 Å². The predicted octanol–water partition coefficient (Wildman–Crippen LogP) is 1.34. The Morgan fingerprint density at radius 2 is 2.38 bits per heavy atom. The summed E-state index contributed by atoms with van der Waals surface area (Å²) < 4.78 is 9.86. The number of carbonyl (C=O) groups is 1. The van der Waals surface area contributed by atoms with Crippen molar-refractivity contribution in [2.75, 3.05) is 7.11 Å². The Hall–Kier alpha value is -2.11. The van der Waals surface area contributed by atoms with Crippen LogP contribution in [0.25, 0.3) is 0 Å². The van der Waals surface area contributed by atoms with Crippen LogP contribution in [0.3, 0.4) is 0 Å². The van der Waals surface area contributed by atoms with E-state index in [1.165, 1.54) is 7.11 Å². The van der Waals surface area contributed by atoms with Gasteiger partial charge in [0.05, 0.1) is 19.3 Å². The molecule has 1 unspecified atom stereocenters. The molecule has 0 aliphatic heterocycles. The topological polar surface area (TPSA) is 81.0 Å². The number of hydrogen-bond donors (Lipinski definition) is 1. The molecule has 0 fully saturated rings. The van der Waals surface area contributed by atoms with Gasteiger partial charge in [-0.25, -0.2) is 4.79 Å². The minimum Gasteiger partial charge on any atom is -0.469 e. The van der Waals surface area contributed by atoms with Crippen LogP contribution in [0.2, 0.25) is 0 Å². The van der Waals surface area contributed by atoms with E-state index in [2.05, 4.69) is 20.1 Å². The van der Waals surface area contributed by atoms with Crippen molar-refractivity contribution in [1.82, 2.24) is 15.4 Å². The van der Waals surface area contributed by atoms with Crippen LogP contribution in [0, 0.1) is 0 Å². The molecule has 0 spiro atoms. The molecule has 2 rings (SSSR count). The second-order valence-corrected chi connectivity index (χ2v) is 3.29. The second-order valence-electron chi connectivity index (χ2n) is 3.29. The van der Waals surface area contributed by atoms with Crippen LogP contribution in [0.5, 0.6) is 0 Å². The number of nitrogens with zero attached hydrogens (tertiary/aromatic N) is 2. The highest BCUT2D eigenvalue weighted by Crippen LogP contribution is 2.24. The predicted molar refractivity (Wildman–Crippen MR) is 53.9 cm³/mol. The molecular formula is C10H11N3O3. The fourth-order valence-electron chi connectivity index (χ4n) is 1.46. The van der Waals surface area contributed by atoms with Crippen molar-refractivity contribution in [2.45, 2.75) is 12.8 Å². The number of ether oxygens (including phenoxy) is 1. The first-order valence-corrected chi connectivity index (χ1v) is 4.76. The standard InChI is InChI=1S/C10H11N3O3/c1-6(7-4-3-5-16-7)8-9(10(14)15-2)12-13-11-8/h3-6H,1-2H3,(H,11,12,13). The van der Waals surface area contributed by atoms with Gasteiger partial charge in [0, 0.05) is 0 Å². The Labute approximate surface area is 91.6 Å². The van der Waals surface area contributed by atoms with Crippen molar-refractivity contribution in [3.05, 3.63) is 35.5 Å². The zero-order valence-corrected chi connectivity index (χ0v) is 8.93. The number of methoxy groups -OCH3 is 1. The van der Waals surface area contributed by atoms with Crippen molar-refractivity contribution >= 4 is 5.97 Å². The van der Waals surface area contributed by atoms with E-state index in [-0.39, 0.29) is 11.6 Å². The van der Waals surface area contributed by atoms with E-state index in [1.807, 2.05) is 13.0 Å². The smallest absolute Gasteiger partial charge is 0.360 e. The number of esters is 1. The lowest BCUT2D eigenvalue weighted by molar-refractivity contribution is 0.0592. The van der Waals surface area contributed by atoms with E-state index in [4.69, 9.17) is 4.42 Å². The molecule has 0 aliphatic carbocycles. The highest BCUT2D eigenvalue weighted by molar-refractivity contribution is 5.88. The summed E-state index contributed by atoms with van der Waals surface area (Å²) in [6.45, 7) is 1.88. The number of aromatic amines is 1. The first kappa shape index (κ1) is 10.4. The number of aromatic nitrogens is 3. The van der Waals surface area contributed by atoms with Crippen molar-refractivity contribution in [2.24, 2.45) is 0 Å². The van der Waals surface area contributed by atoms with Crippen molar-refractivity contribution in [1.29, 1.82) is 0 Å². The van der Waals surface area contributed by atoms with E-state index >= 15 is 0 Å². The second kappa shape index (κ2) is 4.18. The fourth-order valence-corrected chi connectivity index (χ4v) is 1.46. The number of furan rings is 1. The SMILES string of the molecule is COC(=O)c1n[nH]nc1C(C)c1ccco1. The molecule has 1 atom stereocenters. The van der Waals surface area contributed by atoms with E-state index in [0.29, 0.717) is 5.69 Å².